The number of fused-ring (bicyclic) bond motifs is 1. The number of carbonyl (C=O) groups excluding carboxylic acids is 3. The summed E-state index contributed by atoms with van der Waals surface area (Å²) in [6.07, 6.45) is 3.86. The van der Waals surface area contributed by atoms with Gasteiger partial charge in [-0.05, 0) is 105 Å². The minimum absolute atomic E-state index is 0.0217. The molecule has 0 spiro atoms. The van der Waals surface area contributed by atoms with Crippen LogP contribution in [0.2, 0.25) is 0 Å². The molecule has 0 unspecified atom stereocenters. The number of carbonyl (C=O) groups is 3. The monoisotopic (exact) mass is 653 g/mol. The number of likely N-dealkylation sites (tertiary alicyclic amines) is 1. The van der Waals surface area contributed by atoms with Crippen LogP contribution in [0.3, 0.4) is 0 Å². The topological polar surface area (TPSA) is 99.6 Å². The van der Waals surface area contributed by atoms with Crippen LogP contribution in [-0.4, -0.2) is 72.9 Å². The van der Waals surface area contributed by atoms with Crippen molar-refractivity contribution in [1.82, 2.24) is 4.90 Å². The Bertz CT molecular complexity index is 1660. The second-order valence-electron chi connectivity index (χ2n) is 14.2. The molecule has 1 saturated heterocycles. The summed E-state index contributed by atoms with van der Waals surface area (Å²) in [6.45, 7) is 7.39. The van der Waals surface area contributed by atoms with Gasteiger partial charge in [-0.15, -0.1) is 0 Å². The van der Waals surface area contributed by atoms with E-state index in [0.717, 1.165) is 52.9 Å². The molecule has 3 aromatic carbocycles. The number of anilines is 2. The van der Waals surface area contributed by atoms with E-state index in [-0.39, 0.29) is 36.1 Å². The molecule has 9 nitrogen and oxygen atoms in total. The molecule has 2 heterocycles. The highest BCUT2D eigenvalue weighted by Crippen LogP contribution is 2.42. The summed E-state index contributed by atoms with van der Waals surface area (Å²) < 4.78 is 11.0. The first-order valence-corrected chi connectivity index (χ1v) is 17.1. The lowest BCUT2D eigenvalue weighted by Crippen LogP contribution is -2.51. The van der Waals surface area contributed by atoms with Crippen molar-refractivity contribution >= 4 is 29.3 Å². The molecule has 3 amide bonds. The molecule has 3 aliphatic rings. The van der Waals surface area contributed by atoms with Crippen molar-refractivity contribution in [1.29, 1.82) is 0 Å². The summed E-state index contributed by atoms with van der Waals surface area (Å²) in [6, 6.07) is 21.5. The molecule has 0 aromatic heterocycles. The average molecular weight is 654 g/mol. The third-order valence-electron chi connectivity index (χ3n) is 9.50. The smallest absolute Gasteiger partial charge is 0.410 e. The standard InChI is InChI=1S/C39H47N3O6/c1-39(2,3)48-38(46)40-20-18-33(29-10-5-8-27(22-29)28-9-6-11-32(43)23-28)34(25-40)37(45)42(30-15-16-30)31-14-12-26-13-17-36(44)41(35(26)24-31)19-7-21-47-4/h5-6,8-12,14,22-24,30,33-34,43H,7,13,15-21,25H2,1-4H3/t33-,34+/m1/s1. The molecule has 1 saturated carbocycles. The Morgan fingerprint density at radius 2 is 1.71 bits per heavy atom. The summed E-state index contributed by atoms with van der Waals surface area (Å²) in [7, 11) is 1.66. The first-order valence-electron chi connectivity index (χ1n) is 17.1. The number of nitrogens with zero attached hydrogens (tertiary/aromatic N) is 3. The lowest BCUT2D eigenvalue weighted by molar-refractivity contribution is -0.124. The number of aromatic hydroxyl groups is 1. The zero-order valence-electron chi connectivity index (χ0n) is 28.5. The van der Waals surface area contributed by atoms with Crippen LogP contribution >= 0.6 is 0 Å². The van der Waals surface area contributed by atoms with E-state index in [4.69, 9.17) is 9.47 Å². The molecule has 9 heteroatoms. The summed E-state index contributed by atoms with van der Waals surface area (Å²) >= 11 is 0. The second kappa shape index (κ2) is 14.0. The Morgan fingerprint density at radius 1 is 0.958 bits per heavy atom. The quantitative estimate of drug-likeness (QED) is 0.252. The SMILES string of the molecule is COCCCN1C(=O)CCc2ccc(N(C(=O)[C@H]3CN(C(=O)OC(C)(C)C)CC[C@@H]3c3cccc(-c4cccc(O)c4)c3)C3CC3)cc21. The maximum atomic E-state index is 15.0. The van der Waals surface area contributed by atoms with E-state index in [1.165, 1.54) is 0 Å². The van der Waals surface area contributed by atoms with Gasteiger partial charge in [-0.25, -0.2) is 4.79 Å². The number of phenolic OH excluding ortho intramolecular Hbond substituents is 1. The van der Waals surface area contributed by atoms with Crippen LogP contribution in [0.15, 0.2) is 66.7 Å². The van der Waals surface area contributed by atoms with E-state index in [9.17, 15) is 19.5 Å². The summed E-state index contributed by atoms with van der Waals surface area (Å²) in [5.41, 5.74) is 4.98. The van der Waals surface area contributed by atoms with Gasteiger partial charge < -0.3 is 29.3 Å². The number of hydrogen-bond acceptors (Lipinski definition) is 6. The van der Waals surface area contributed by atoms with Gasteiger partial charge in [0.25, 0.3) is 0 Å². The van der Waals surface area contributed by atoms with E-state index in [2.05, 4.69) is 18.2 Å². The van der Waals surface area contributed by atoms with Crippen LogP contribution in [0, 0.1) is 5.92 Å². The Morgan fingerprint density at radius 3 is 2.42 bits per heavy atom. The third-order valence-corrected chi connectivity index (χ3v) is 9.50. The number of amides is 3. The van der Waals surface area contributed by atoms with Gasteiger partial charge in [-0.1, -0.05) is 42.5 Å². The van der Waals surface area contributed by atoms with Crippen molar-refractivity contribution in [3.63, 3.8) is 0 Å². The number of ether oxygens (including phenoxy) is 2. The average Bonchev–Trinajstić information content (AvgIpc) is 3.90. The highest BCUT2D eigenvalue weighted by molar-refractivity contribution is 6.00. The molecule has 2 atom stereocenters. The predicted molar refractivity (Wildman–Crippen MR) is 186 cm³/mol. The molecule has 2 fully saturated rings. The molecule has 48 heavy (non-hydrogen) atoms. The molecule has 254 valence electrons. The van der Waals surface area contributed by atoms with Gasteiger partial charge >= 0.3 is 6.09 Å². The highest BCUT2D eigenvalue weighted by Gasteiger charge is 2.44. The van der Waals surface area contributed by atoms with Crippen LogP contribution in [0.1, 0.15) is 69.9 Å². The van der Waals surface area contributed by atoms with Crippen molar-refractivity contribution in [3.8, 4) is 16.9 Å². The maximum Gasteiger partial charge on any atom is 0.410 e. The Hall–Kier alpha value is -4.37. The molecular formula is C39H47N3O6. The summed E-state index contributed by atoms with van der Waals surface area (Å²) in [4.78, 5) is 46.8. The first kappa shape index (κ1) is 33.5. The van der Waals surface area contributed by atoms with Crippen LogP contribution in [0.5, 0.6) is 5.75 Å². The number of rotatable bonds is 9. The largest absolute Gasteiger partial charge is 0.508 e. The molecular weight excluding hydrogens is 606 g/mol. The van der Waals surface area contributed by atoms with E-state index >= 15 is 0 Å². The van der Waals surface area contributed by atoms with Crippen LogP contribution in [0.4, 0.5) is 16.2 Å². The second-order valence-corrected chi connectivity index (χ2v) is 14.2. The van der Waals surface area contributed by atoms with Crippen molar-refractivity contribution in [2.24, 2.45) is 5.92 Å². The third kappa shape index (κ3) is 7.51. The summed E-state index contributed by atoms with van der Waals surface area (Å²) in [5.74, 6) is -0.388. The summed E-state index contributed by atoms with van der Waals surface area (Å²) in [5, 5.41) is 10.1. The van der Waals surface area contributed by atoms with E-state index in [1.807, 2.05) is 67.0 Å². The van der Waals surface area contributed by atoms with Gasteiger partial charge in [0.1, 0.15) is 11.4 Å². The van der Waals surface area contributed by atoms with Crippen molar-refractivity contribution < 1.29 is 29.0 Å². The molecule has 2 aliphatic heterocycles. The van der Waals surface area contributed by atoms with E-state index < -0.39 is 17.6 Å². The minimum atomic E-state index is -0.654. The number of aryl methyl sites for hydroxylation is 1. The normalized spacial score (nSPS) is 19.5. The Balaban J connectivity index is 1.35. The predicted octanol–water partition coefficient (Wildman–Crippen LogP) is 6.91. The Kier molecular flexibility index (Phi) is 9.78. The van der Waals surface area contributed by atoms with Gasteiger partial charge in [-0.3, -0.25) is 9.59 Å². The highest BCUT2D eigenvalue weighted by atomic mass is 16.6. The fraction of sp³-hybridized carbons (Fsp3) is 0.462. The van der Waals surface area contributed by atoms with Crippen LogP contribution in [0.25, 0.3) is 11.1 Å². The molecule has 1 aliphatic carbocycles. The lowest BCUT2D eigenvalue weighted by Gasteiger charge is -2.41. The van der Waals surface area contributed by atoms with E-state index in [0.29, 0.717) is 39.0 Å². The van der Waals surface area contributed by atoms with Crippen LogP contribution < -0.4 is 9.80 Å². The van der Waals surface area contributed by atoms with Gasteiger partial charge in [0, 0.05) is 57.2 Å². The molecule has 1 N–H and O–H groups in total. The fourth-order valence-electron chi connectivity index (χ4n) is 7.05. The number of benzene rings is 3. The zero-order chi connectivity index (χ0) is 34.0. The van der Waals surface area contributed by atoms with Crippen LogP contribution in [-0.2, 0) is 25.5 Å². The van der Waals surface area contributed by atoms with Crippen molar-refractivity contribution in [2.45, 2.75) is 76.9 Å². The number of hydrogen-bond donors (Lipinski definition) is 1. The molecule has 0 bridgehead atoms. The number of methoxy groups -OCH3 is 1. The zero-order valence-corrected chi connectivity index (χ0v) is 28.5. The number of phenols is 1. The lowest BCUT2D eigenvalue weighted by atomic mass is 9.78. The fourth-order valence-corrected chi connectivity index (χ4v) is 7.05. The van der Waals surface area contributed by atoms with Gasteiger partial charge in [0.15, 0.2) is 0 Å². The van der Waals surface area contributed by atoms with Crippen molar-refractivity contribution in [3.05, 3.63) is 77.9 Å². The maximum absolute atomic E-state index is 15.0. The van der Waals surface area contributed by atoms with E-state index in [1.54, 1.807) is 24.1 Å². The number of piperidine rings is 1. The molecule has 6 rings (SSSR count). The van der Waals surface area contributed by atoms with Crippen molar-refractivity contribution in [2.75, 3.05) is 43.2 Å². The first-order chi connectivity index (χ1) is 23.0. The molecule has 0 radical (unpaired) electrons. The Labute approximate surface area is 283 Å². The van der Waals surface area contributed by atoms with Gasteiger partial charge in [0.2, 0.25) is 11.8 Å². The van der Waals surface area contributed by atoms with Gasteiger partial charge in [0.05, 0.1) is 5.92 Å². The van der Waals surface area contributed by atoms with Gasteiger partial charge in [-0.2, -0.15) is 0 Å². The minimum Gasteiger partial charge on any atom is -0.508 e. The molecule has 3 aromatic rings.